The summed E-state index contributed by atoms with van der Waals surface area (Å²) in [4.78, 5) is 9.26. The van der Waals surface area contributed by atoms with Gasteiger partial charge in [-0.25, -0.2) is 0 Å². The summed E-state index contributed by atoms with van der Waals surface area (Å²) in [6.07, 6.45) is 19.2. The first-order valence-corrected chi connectivity index (χ1v) is 25.5. The zero-order valence-corrected chi connectivity index (χ0v) is 26.9. The minimum absolute atomic E-state index is 1.27. The number of unbranched alkanes of at least 4 members (excludes halogenated alkanes) is 10. The Balaban J connectivity index is 1.92. The Morgan fingerprint density at radius 1 is 0.606 bits per heavy atom. The zero-order valence-electron chi connectivity index (χ0n) is 22.4. The van der Waals surface area contributed by atoms with Gasteiger partial charge in [-0.2, -0.15) is 0 Å². The molecule has 3 rings (SSSR count). The van der Waals surface area contributed by atoms with Crippen LogP contribution in [0.5, 0.6) is 0 Å². The van der Waals surface area contributed by atoms with Crippen LogP contribution in [0.2, 0.25) is 14.8 Å². The van der Waals surface area contributed by atoms with E-state index in [1.54, 1.807) is 34.2 Å². The Bertz CT molecular complexity index is 931. The first-order chi connectivity index (χ1) is 15.9. The number of thiophene rings is 2. The first-order valence-electron chi connectivity index (χ1n) is 13.8. The van der Waals surface area contributed by atoms with Gasteiger partial charge in [-0.3, -0.25) is 0 Å². The molecule has 1 aromatic carbocycles. The fourth-order valence-corrected chi connectivity index (χ4v) is 12.7. The molecule has 0 amide bonds. The topological polar surface area (TPSA) is 0 Å². The minimum atomic E-state index is -2.10. The SMILES string of the molecule is CCCCCCCCc1c2c[c]([Sn]([CH3])([CH3])[CH3])sc2c(CCCCCCCC)c2cc(C)sc12. The number of aryl methyl sites for hydroxylation is 3. The first kappa shape index (κ1) is 27.5. The second-order valence-corrected chi connectivity index (χ2v) is 28.9. The van der Waals surface area contributed by atoms with Crippen molar-refractivity contribution >= 4 is 64.1 Å². The molecule has 3 heteroatoms. The average molecular weight is 592 g/mol. The summed E-state index contributed by atoms with van der Waals surface area (Å²) in [5.74, 6) is 0. The van der Waals surface area contributed by atoms with E-state index in [-0.39, 0.29) is 0 Å². The molecule has 0 bridgehead atoms. The standard InChI is InChI=1S/C27H39S2.3CH3.Sn/c1-4-6-8-10-12-14-16-22-24-18-19-28-26(24)23(17-15-13-11-9-7-5-2)25-20-21(3)29-27(22)25;;;;/h18,20H,4-17H2,1-3H3;3*1H3;. The summed E-state index contributed by atoms with van der Waals surface area (Å²) in [7, 11) is 0. The molecule has 184 valence electrons. The number of fused-ring (bicyclic) bond motifs is 2. The van der Waals surface area contributed by atoms with E-state index in [1.165, 1.54) is 94.8 Å². The maximum atomic E-state index is 2.67. The molecule has 0 aliphatic carbocycles. The van der Waals surface area contributed by atoms with Crippen molar-refractivity contribution in [2.24, 2.45) is 0 Å². The van der Waals surface area contributed by atoms with Gasteiger partial charge in [0, 0.05) is 0 Å². The summed E-state index contributed by atoms with van der Waals surface area (Å²) in [5, 5.41) is 3.25. The van der Waals surface area contributed by atoms with Crippen molar-refractivity contribution in [3.63, 3.8) is 0 Å². The summed E-state index contributed by atoms with van der Waals surface area (Å²) in [5.41, 5.74) is 3.39. The van der Waals surface area contributed by atoms with Gasteiger partial charge in [0.2, 0.25) is 0 Å². The van der Waals surface area contributed by atoms with Crippen LogP contribution in [0.25, 0.3) is 20.2 Å². The fourth-order valence-electron chi connectivity index (χ4n) is 5.08. The van der Waals surface area contributed by atoms with Gasteiger partial charge in [-0.15, -0.1) is 0 Å². The molecule has 3 aromatic rings. The van der Waals surface area contributed by atoms with Crippen LogP contribution in [0.3, 0.4) is 0 Å². The van der Waals surface area contributed by atoms with Crippen molar-refractivity contribution in [2.75, 3.05) is 0 Å². The molecular weight excluding hydrogens is 543 g/mol. The molecule has 0 N–H and O–H groups in total. The molecule has 33 heavy (non-hydrogen) atoms. The summed E-state index contributed by atoms with van der Waals surface area (Å²) >= 11 is 2.16. The van der Waals surface area contributed by atoms with E-state index in [0.717, 1.165) is 0 Å². The summed E-state index contributed by atoms with van der Waals surface area (Å²) < 4.78 is 5.06. The van der Waals surface area contributed by atoms with Crippen LogP contribution in [0.1, 0.15) is 107 Å². The number of rotatable bonds is 15. The third-order valence-electron chi connectivity index (χ3n) is 7.09. The number of hydrogen-bond donors (Lipinski definition) is 0. The summed E-state index contributed by atoms with van der Waals surface area (Å²) in [6, 6.07) is 5.19. The fraction of sp³-hybridized carbons (Fsp3) is 0.667. The number of hydrogen-bond acceptors (Lipinski definition) is 2. The third-order valence-corrected chi connectivity index (χ3v) is 18.8. The molecule has 0 aliphatic rings. The molecule has 0 spiro atoms. The quantitative estimate of drug-likeness (QED) is 0.122. The third kappa shape index (κ3) is 7.46. The van der Waals surface area contributed by atoms with E-state index < -0.39 is 18.4 Å². The van der Waals surface area contributed by atoms with Gasteiger partial charge in [0.1, 0.15) is 0 Å². The van der Waals surface area contributed by atoms with Gasteiger partial charge >= 0.3 is 218 Å². The van der Waals surface area contributed by atoms with Gasteiger partial charge in [0.25, 0.3) is 0 Å². The van der Waals surface area contributed by atoms with E-state index in [0.29, 0.717) is 0 Å². The van der Waals surface area contributed by atoms with Crippen molar-refractivity contribution in [3.05, 3.63) is 28.1 Å². The van der Waals surface area contributed by atoms with Crippen LogP contribution in [0, 0.1) is 6.92 Å². The molecule has 2 aromatic heterocycles. The normalized spacial score (nSPS) is 12.4. The average Bonchev–Trinajstić information content (AvgIpc) is 3.37. The monoisotopic (exact) mass is 592 g/mol. The van der Waals surface area contributed by atoms with Gasteiger partial charge in [0.05, 0.1) is 0 Å². The Morgan fingerprint density at radius 3 is 1.58 bits per heavy atom. The summed E-state index contributed by atoms with van der Waals surface area (Å²) in [6.45, 7) is 6.94. The predicted molar refractivity (Wildman–Crippen MR) is 159 cm³/mol. The Labute approximate surface area is 216 Å². The molecule has 0 fully saturated rings. The van der Waals surface area contributed by atoms with E-state index in [9.17, 15) is 0 Å². The van der Waals surface area contributed by atoms with Crippen LogP contribution < -0.4 is 2.89 Å². The van der Waals surface area contributed by atoms with E-state index in [2.05, 4.69) is 70.4 Å². The van der Waals surface area contributed by atoms with Crippen LogP contribution in [0.15, 0.2) is 12.1 Å². The van der Waals surface area contributed by atoms with Crippen LogP contribution >= 0.6 is 22.7 Å². The van der Waals surface area contributed by atoms with Gasteiger partial charge < -0.3 is 0 Å². The molecule has 0 atom stereocenters. The van der Waals surface area contributed by atoms with Crippen molar-refractivity contribution in [1.82, 2.24) is 0 Å². The molecule has 0 unspecified atom stereocenters. The van der Waals surface area contributed by atoms with Crippen molar-refractivity contribution < 1.29 is 0 Å². The van der Waals surface area contributed by atoms with Crippen molar-refractivity contribution in [3.8, 4) is 0 Å². The molecule has 0 nitrogen and oxygen atoms in total. The van der Waals surface area contributed by atoms with Crippen LogP contribution in [0.4, 0.5) is 0 Å². The Morgan fingerprint density at radius 2 is 1.06 bits per heavy atom. The van der Waals surface area contributed by atoms with Crippen LogP contribution in [-0.2, 0) is 12.8 Å². The molecule has 0 saturated heterocycles. The Kier molecular flexibility index (Phi) is 11.1. The molecule has 2 heterocycles. The van der Waals surface area contributed by atoms with Gasteiger partial charge in [0.15, 0.2) is 0 Å². The number of benzene rings is 1. The van der Waals surface area contributed by atoms with E-state index in [1.807, 2.05) is 0 Å². The maximum absolute atomic E-state index is 2.67. The molecule has 0 saturated carbocycles. The molecule has 0 radical (unpaired) electrons. The molecule has 0 aliphatic heterocycles. The zero-order chi connectivity index (χ0) is 23.8. The molecular formula is C30H48S2Sn. The van der Waals surface area contributed by atoms with E-state index >= 15 is 0 Å². The van der Waals surface area contributed by atoms with Crippen molar-refractivity contribution in [2.45, 2.75) is 125 Å². The van der Waals surface area contributed by atoms with E-state index in [4.69, 9.17) is 0 Å². The second kappa shape index (κ2) is 13.3. The predicted octanol–water partition coefficient (Wildman–Crippen LogP) is 10.8. The second-order valence-electron chi connectivity index (χ2n) is 11.2. The van der Waals surface area contributed by atoms with Gasteiger partial charge in [-0.1, -0.05) is 0 Å². The van der Waals surface area contributed by atoms with Crippen LogP contribution in [-0.4, -0.2) is 18.4 Å². The van der Waals surface area contributed by atoms with Gasteiger partial charge in [-0.05, 0) is 0 Å². The Hall–Kier alpha value is -0.0613. The van der Waals surface area contributed by atoms with Crippen molar-refractivity contribution in [1.29, 1.82) is 0 Å².